The Bertz CT molecular complexity index is 217. The van der Waals surface area contributed by atoms with Crippen LogP contribution in [0.15, 0.2) is 0 Å². The molecule has 0 aromatic heterocycles. The predicted octanol–water partition coefficient (Wildman–Crippen LogP) is 0.602. The summed E-state index contributed by atoms with van der Waals surface area (Å²) in [4.78, 5) is 2.27. The minimum absolute atomic E-state index is 0.0116. The highest BCUT2D eigenvalue weighted by Gasteiger charge is 2.43. The van der Waals surface area contributed by atoms with Gasteiger partial charge in [-0.2, -0.15) is 0 Å². The minimum Gasteiger partial charge on any atom is -0.391 e. The Morgan fingerprint density at radius 2 is 1.93 bits per heavy atom. The zero-order valence-electron chi connectivity index (χ0n) is 9.11. The normalized spacial score (nSPS) is 43.3. The van der Waals surface area contributed by atoms with E-state index in [1.807, 2.05) is 0 Å². The van der Waals surface area contributed by atoms with Crippen LogP contribution in [0.25, 0.3) is 0 Å². The van der Waals surface area contributed by atoms with Gasteiger partial charge in [0, 0.05) is 24.5 Å². The van der Waals surface area contributed by atoms with Gasteiger partial charge in [-0.05, 0) is 19.3 Å². The van der Waals surface area contributed by atoms with Gasteiger partial charge in [0.2, 0.25) is 0 Å². The van der Waals surface area contributed by atoms with Crippen LogP contribution < -0.4 is 0 Å². The lowest BCUT2D eigenvalue weighted by atomic mass is 9.90. The molecule has 2 fully saturated rings. The van der Waals surface area contributed by atoms with Crippen molar-refractivity contribution in [2.75, 3.05) is 13.1 Å². The fourth-order valence-corrected chi connectivity index (χ4v) is 2.76. The van der Waals surface area contributed by atoms with Gasteiger partial charge in [0.25, 0.3) is 0 Å². The van der Waals surface area contributed by atoms with Crippen LogP contribution in [0, 0.1) is 5.41 Å². The molecule has 1 aliphatic carbocycles. The molecule has 2 rings (SSSR count). The Balaban J connectivity index is 2.01. The Labute approximate surface area is 85.7 Å². The zero-order chi connectivity index (χ0) is 10.3. The van der Waals surface area contributed by atoms with E-state index in [2.05, 4.69) is 18.7 Å². The highest BCUT2D eigenvalue weighted by atomic mass is 16.3. The summed E-state index contributed by atoms with van der Waals surface area (Å²) in [6.45, 7) is 5.84. The average molecular weight is 199 g/mol. The third-order valence-corrected chi connectivity index (χ3v) is 3.83. The van der Waals surface area contributed by atoms with Crippen LogP contribution in [0.3, 0.4) is 0 Å². The molecule has 0 aromatic carbocycles. The monoisotopic (exact) mass is 199 g/mol. The third-order valence-electron chi connectivity index (χ3n) is 3.83. The topological polar surface area (TPSA) is 43.7 Å². The summed E-state index contributed by atoms with van der Waals surface area (Å²) < 4.78 is 0. The van der Waals surface area contributed by atoms with Crippen LogP contribution >= 0.6 is 0 Å². The van der Waals surface area contributed by atoms with Gasteiger partial charge in [-0.25, -0.2) is 0 Å². The molecule has 3 atom stereocenters. The minimum atomic E-state index is -0.240. The SMILES string of the molecule is CC1(C)CN([C@@H]2CCC[C@H]2O)CC1O. The lowest BCUT2D eigenvalue weighted by Gasteiger charge is -2.27. The molecule has 1 unspecified atom stereocenters. The summed E-state index contributed by atoms with van der Waals surface area (Å²) >= 11 is 0. The summed E-state index contributed by atoms with van der Waals surface area (Å²) in [7, 11) is 0. The first-order valence-corrected chi connectivity index (χ1v) is 5.61. The van der Waals surface area contributed by atoms with Crippen LogP contribution in [0.5, 0.6) is 0 Å². The van der Waals surface area contributed by atoms with Crippen molar-refractivity contribution in [3.8, 4) is 0 Å². The summed E-state index contributed by atoms with van der Waals surface area (Å²) in [6, 6.07) is 0.298. The van der Waals surface area contributed by atoms with Crippen LogP contribution in [0.1, 0.15) is 33.1 Å². The maximum atomic E-state index is 9.85. The molecule has 1 saturated carbocycles. The van der Waals surface area contributed by atoms with Gasteiger partial charge in [-0.3, -0.25) is 4.90 Å². The molecule has 0 bridgehead atoms. The number of rotatable bonds is 1. The molecule has 2 N–H and O–H groups in total. The predicted molar refractivity (Wildman–Crippen MR) is 55.0 cm³/mol. The van der Waals surface area contributed by atoms with Gasteiger partial charge < -0.3 is 10.2 Å². The van der Waals surface area contributed by atoms with Crippen molar-refractivity contribution >= 4 is 0 Å². The van der Waals surface area contributed by atoms with Crippen molar-refractivity contribution in [3.05, 3.63) is 0 Å². The first-order chi connectivity index (χ1) is 6.50. The first kappa shape index (κ1) is 10.4. The average Bonchev–Trinajstić information content (AvgIpc) is 2.58. The molecule has 1 heterocycles. The molecule has 0 radical (unpaired) electrons. The molecule has 0 amide bonds. The Morgan fingerprint density at radius 1 is 1.21 bits per heavy atom. The molecule has 1 saturated heterocycles. The van der Waals surface area contributed by atoms with Gasteiger partial charge in [-0.1, -0.05) is 13.8 Å². The maximum Gasteiger partial charge on any atom is 0.0730 e. The Hall–Kier alpha value is -0.120. The quantitative estimate of drug-likeness (QED) is 0.650. The van der Waals surface area contributed by atoms with E-state index in [1.165, 1.54) is 0 Å². The number of aliphatic hydroxyl groups is 2. The van der Waals surface area contributed by atoms with E-state index in [0.717, 1.165) is 32.4 Å². The standard InChI is InChI=1S/C11H21NO2/c1-11(2)7-12(6-10(11)14)8-4-3-5-9(8)13/h8-10,13-14H,3-7H2,1-2H3/t8-,9-,10?/m1/s1. The molecule has 3 nitrogen and oxygen atoms in total. The van der Waals surface area contributed by atoms with Crippen LogP contribution in [0.4, 0.5) is 0 Å². The second kappa shape index (κ2) is 3.47. The van der Waals surface area contributed by atoms with Gasteiger partial charge in [0.1, 0.15) is 0 Å². The molecule has 1 aliphatic heterocycles. The van der Waals surface area contributed by atoms with Crippen LogP contribution in [-0.4, -0.2) is 46.5 Å². The van der Waals surface area contributed by atoms with Crippen molar-refractivity contribution in [2.45, 2.75) is 51.4 Å². The van der Waals surface area contributed by atoms with Crippen molar-refractivity contribution < 1.29 is 10.2 Å². The van der Waals surface area contributed by atoms with Gasteiger partial charge >= 0.3 is 0 Å². The molecular weight excluding hydrogens is 178 g/mol. The molecule has 2 aliphatic rings. The van der Waals surface area contributed by atoms with Crippen molar-refractivity contribution in [2.24, 2.45) is 5.41 Å². The van der Waals surface area contributed by atoms with E-state index < -0.39 is 0 Å². The van der Waals surface area contributed by atoms with E-state index in [-0.39, 0.29) is 17.6 Å². The molecule has 3 heteroatoms. The number of hydrogen-bond donors (Lipinski definition) is 2. The van der Waals surface area contributed by atoms with Gasteiger partial charge in [0.05, 0.1) is 12.2 Å². The number of β-amino-alcohol motifs (C(OH)–C–C–N with tert-alkyl or cyclic N) is 1. The van der Waals surface area contributed by atoms with Crippen molar-refractivity contribution in [3.63, 3.8) is 0 Å². The number of aliphatic hydroxyl groups excluding tert-OH is 2. The number of nitrogens with zero attached hydrogens (tertiary/aromatic N) is 1. The molecular formula is C11H21NO2. The summed E-state index contributed by atoms with van der Waals surface area (Å²) in [5.74, 6) is 0. The first-order valence-electron chi connectivity index (χ1n) is 5.61. The highest BCUT2D eigenvalue weighted by molar-refractivity contribution is 4.96. The van der Waals surface area contributed by atoms with E-state index >= 15 is 0 Å². The number of hydrogen-bond acceptors (Lipinski definition) is 3. The van der Waals surface area contributed by atoms with Crippen LogP contribution in [0.2, 0.25) is 0 Å². The van der Waals surface area contributed by atoms with E-state index in [9.17, 15) is 10.2 Å². The maximum absolute atomic E-state index is 9.85. The molecule has 0 spiro atoms. The smallest absolute Gasteiger partial charge is 0.0730 e. The molecule has 0 aromatic rings. The van der Waals surface area contributed by atoms with Gasteiger partial charge in [0.15, 0.2) is 0 Å². The zero-order valence-corrected chi connectivity index (χ0v) is 9.11. The van der Waals surface area contributed by atoms with Crippen molar-refractivity contribution in [1.29, 1.82) is 0 Å². The van der Waals surface area contributed by atoms with Gasteiger partial charge in [-0.15, -0.1) is 0 Å². The lowest BCUT2D eigenvalue weighted by molar-refractivity contribution is 0.0745. The van der Waals surface area contributed by atoms with E-state index in [4.69, 9.17) is 0 Å². The van der Waals surface area contributed by atoms with E-state index in [0.29, 0.717) is 6.04 Å². The Morgan fingerprint density at radius 3 is 2.36 bits per heavy atom. The second-order valence-corrected chi connectivity index (χ2v) is 5.50. The lowest BCUT2D eigenvalue weighted by Crippen LogP contribution is -2.39. The summed E-state index contributed by atoms with van der Waals surface area (Å²) in [5.41, 5.74) is -0.0116. The fourth-order valence-electron chi connectivity index (χ4n) is 2.76. The third kappa shape index (κ3) is 1.69. The van der Waals surface area contributed by atoms with Crippen molar-refractivity contribution in [1.82, 2.24) is 4.90 Å². The highest BCUT2D eigenvalue weighted by Crippen LogP contribution is 2.34. The summed E-state index contributed by atoms with van der Waals surface area (Å²) in [6.07, 6.45) is 2.73. The number of likely N-dealkylation sites (tertiary alicyclic amines) is 1. The molecule has 82 valence electrons. The molecule has 14 heavy (non-hydrogen) atoms. The van der Waals surface area contributed by atoms with Crippen LogP contribution in [-0.2, 0) is 0 Å². The largest absolute Gasteiger partial charge is 0.391 e. The summed E-state index contributed by atoms with van der Waals surface area (Å²) in [5, 5.41) is 19.6. The Kier molecular flexibility index (Phi) is 2.58. The second-order valence-electron chi connectivity index (χ2n) is 5.50. The van der Waals surface area contributed by atoms with E-state index in [1.54, 1.807) is 0 Å². The fraction of sp³-hybridized carbons (Fsp3) is 1.00.